The smallest absolute Gasteiger partial charge is 0.211 e. The highest BCUT2D eigenvalue weighted by Gasteiger charge is 2.24. The molecule has 4 nitrogen and oxygen atoms in total. The van der Waals surface area contributed by atoms with E-state index in [2.05, 4.69) is 22.2 Å². The van der Waals surface area contributed by atoms with E-state index < -0.39 is 0 Å². The number of oxazole rings is 1. The number of hydrogen-bond acceptors (Lipinski definition) is 4. The van der Waals surface area contributed by atoms with Gasteiger partial charge < -0.3 is 9.73 Å². The lowest BCUT2D eigenvalue weighted by atomic mass is 10.0. The Morgan fingerprint density at radius 3 is 3.19 bits per heavy atom. The minimum absolute atomic E-state index is 0.386. The minimum Gasteiger partial charge on any atom is -0.444 e. The van der Waals surface area contributed by atoms with Gasteiger partial charge in [0.2, 0.25) is 5.89 Å². The highest BCUT2D eigenvalue weighted by Crippen LogP contribution is 2.28. The number of nitrogens with one attached hydrogen (secondary N) is 1. The van der Waals surface area contributed by atoms with Crippen LogP contribution in [0.5, 0.6) is 0 Å². The molecule has 0 amide bonds. The van der Waals surface area contributed by atoms with E-state index in [0.717, 1.165) is 31.2 Å². The van der Waals surface area contributed by atoms with Gasteiger partial charge >= 0.3 is 0 Å². The van der Waals surface area contributed by atoms with Crippen molar-refractivity contribution in [3.8, 4) is 0 Å². The number of hydrogen-bond donors (Lipinski definition) is 1. The van der Waals surface area contributed by atoms with Crippen LogP contribution in [0.2, 0.25) is 0 Å². The van der Waals surface area contributed by atoms with Crippen molar-refractivity contribution in [3.63, 3.8) is 0 Å². The molecule has 4 heteroatoms. The number of likely N-dealkylation sites (tertiary alicyclic amines) is 1. The van der Waals surface area contributed by atoms with Gasteiger partial charge in [-0.1, -0.05) is 6.42 Å². The van der Waals surface area contributed by atoms with Crippen LogP contribution in [-0.2, 0) is 6.42 Å². The molecule has 1 aromatic rings. The van der Waals surface area contributed by atoms with Crippen molar-refractivity contribution in [2.45, 2.75) is 31.7 Å². The maximum absolute atomic E-state index is 5.80. The summed E-state index contributed by atoms with van der Waals surface area (Å²) in [7, 11) is 4.10. The first-order valence-corrected chi connectivity index (χ1v) is 6.10. The summed E-state index contributed by atoms with van der Waals surface area (Å²) in [6.45, 7) is 2.09. The first-order valence-electron chi connectivity index (χ1n) is 6.10. The fraction of sp³-hybridized carbons (Fsp3) is 0.750. The first kappa shape index (κ1) is 11.6. The molecule has 2 rings (SSSR count). The molecular formula is C12H21N3O. The molecule has 2 heterocycles. The predicted molar refractivity (Wildman–Crippen MR) is 63.4 cm³/mol. The lowest BCUT2D eigenvalue weighted by molar-refractivity contribution is 0.157. The maximum atomic E-state index is 5.80. The third kappa shape index (κ3) is 2.62. The van der Waals surface area contributed by atoms with Crippen molar-refractivity contribution in [2.24, 2.45) is 0 Å². The van der Waals surface area contributed by atoms with E-state index in [0.29, 0.717) is 6.04 Å². The number of piperidine rings is 1. The average Bonchev–Trinajstić information content (AvgIpc) is 2.75. The highest BCUT2D eigenvalue weighted by molar-refractivity contribution is 5.00. The average molecular weight is 223 g/mol. The topological polar surface area (TPSA) is 41.3 Å². The van der Waals surface area contributed by atoms with Crippen molar-refractivity contribution < 1.29 is 4.42 Å². The second-order valence-electron chi connectivity index (χ2n) is 4.51. The van der Waals surface area contributed by atoms with Crippen LogP contribution in [0, 0.1) is 0 Å². The Bertz CT molecular complexity index is 324. The van der Waals surface area contributed by atoms with Gasteiger partial charge in [0.1, 0.15) is 5.76 Å². The number of rotatable bonds is 4. The van der Waals surface area contributed by atoms with Crippen LogP contribution in [-0.4, -0.2) is 37.1 Å². The summed E-state index contributed by atoms with van der Waals surface area (Å²) in [5, 5.41) is 3.12. The Hall–Kier alpha value is -0.870. The molecule has 0 aromatic carbocycles. The summed E-state index contributed by atoms with van der Waals surface area (Å²) in [5.74, 6) is 1.89. The molecule has 0 bridgehead atoms. The van der Waals surface area contributed by atoms with Gasteiger partial charge in [0.15, 0.2) is 0 Å². The van der Waals surface area contributed by atoms with E-state index in [9.17, 15) is 0 Å². The summed E-state index contributed by atoms with van der Waals surface area (Å²) < 4.78 is 5.80. The Labute approximate surface area is 97.0 Å². The molecule has 90 valence electrons. The van der Waals surface area contributed by atoms with Crippen LogP contribution in [0.15, 0.2) is 10.6 Å². The zero-order chi connectivity index (χ0) is 11.4. The molecule has 0 aliphatic carbocycles. The zero-order valence-electron chi connectivity index (χ0n) is 10.2. The molecule has 0 saturated carbocycles. The second kappa shape index (κ2) is 5.46. The molecule has 1 fully saturated rings. The van der Waals surface area contributed by atoms with Crippen LogP contribution in [0.3, 0.4) is 0 Å². The van der Waals surface area contributed by atoms with E-state index in [1.165, 1.54) is 19.3 Å². The van der Waals surface area contributed by atoms with E-state index in [1.807, 2.05) is 13.2 Å². The van der Waals surface area contributed by atoms with Crippen molar-refractivity contribution in [3.05, 3.63) is 17.8 Å². The lowest BCUT2D eigenvalue weighted by Crippen LogP contribution is -2.29. The Morgan fingerprint density at radius 2 is 2.44 bits per heavy atom. The van der Waals surface area contributed by atoms with Gasteiger partial charge in [0, 0.05) is 13.0 Å². The fourth-order valence-corrected chi connectivity index (χ4v) is 2.23. The minimum atomic E-state index is 0.386. The van der Waals surface area contributed by atoms with E-state index in [4.69, 9.17) is 4.42 Å². The predicted octanol–water partition coefficient (Wildman–Crippen LogP) is 1.59. The molecule has 16 heavy (non-hydrogen) atoms. The summed E-state index contributed by atoms with van der Waals surface area (Å²) in [5.41, 5.74) is 0. The zero-order valence-corrected chi connectivity index (χ0v) is 10.2. The van der Waals surface area contributed by atoms with E-state index >= 15 is 0 Å². The fourth-order valence-electron chi connectivity index (χ4n) is 2.23. The van der Waals surface area contributed by atoms with Gasteiger partial charge in [-0.2, -0.15) is 0 Å². The normalized spacial score (nSPS) is 22.5. The number of aromatic nitrogens is 1. The number of likely N-dealkylation sites (N-methyl/N-ethyl adjacent to an activating group) is 1. The summed E-state index contributed by atoms with van der Waals surface area (Å²) >= 11 is 0. The van der Waals surface area contributed by atoms with Crippen molar-refractivity contribution >= 4 is 0 Å². The van der Waals surface area contributed by atoms with Crippen LogP contribution < -0.4 is 5.32 Å². The molecule has 0 spiro atoms. The molecule has 1 saturated heterocycles. The number of nitrogens with zero attached hydrogens (tertiary/aromatic N) is 2. The monoisotopic (exact) mass is 223 g/mol. The van der Waals surface area contributed by atoms with Crippen molar-refractivity contribution in [1.82, 2.24) is 15.2 Å². The lowest BCUT2D eigenvalue weighted by Gasteiger charge is -2.29. The maximum Gasteiger partial charge on any atom is 0.211 e. The third-order valence-corrected chi connectivity index (χ3v) is 3.25. The molecular weight excluding hydrogens is 202 g/mol. The van der Waals surface area contributed by atoms with Gasteiger partial charge in [0.25, 0.3) is 0 Å². The SMILES string of the molecule is CNCCc1cnc(C2CCCCN2C)o1. The first-order chi connectivity index (χ1) is 7.81. The summed E-state index contributed by atoms with van der Waals surface area (Å²) in [6, 6.07) is 0.386. The van der Waals surface area contributed by atoms with Gasteiger partial charge in [-0.05, 0) is 33.5 Å². The van der Waals surface area contributed by atoms with E-state index in [-0.39, 0.29) is 0 Å². The Morgan fingerprint density at radius 1 is 1.56 bits per heavy atom. The van der Waals surface area contributed by atoms with Gasteiger partial charge in [-0.3, -0.25) is 4.90 Å². The molecule has 1 aromatic heterocycles. The molecule has 0 radical (unpaired) electrons. The van der Waals surface area contributed by atoms with Gasteiger partial charge in [-0.25, -0.2) is 4.98 Å². The Kier molecular flexibility index (Phi) is 3.96. The largest absolute Gasteiger partial charge is 0.444 e. The van der Waals surface area contributed by atoms with E-state index in [1.54, 1.807) is 0 Å². The summed E-state index contributed by atoms with van der Waals surface area (Å²) in [6.07, 6.45) is 6.53. The molecule has 1 N–H and O–H groups in total. The van der Waals surface area contributed by atoms with Gasteiger partial charge in [-0.15, -0.1) is 0 Å². The standard InChI is InChI=1S/C12H21N3O/c1-13-7-6-10-9-14-12(16-10)11-5-3-4-8-15(11)2/h9,11,13H,3-8H2,1-2H3. The Balaban J connectivity index is 1.99. The van der Waals surface area contributed by atoms with Gasteiger partial charge in [0.05, 0.1) is 12.2 Å². The second-order valence-corrected chi connectivity index (χ2v) is 4.51. The van der Waals surface area contributed by atoms with Crippen LogP contribution in [0.25, 0.3) is 0 Å². The molecule has 1 unspecified atom stereocenters. The highest BCUT2D eigenvalue weighted by atomic mass is 16.4. The van der Waals surface area contributed by atoms with Crippen molar-refractivity contribution in [1.29, 1.82) is 0 Å². The molecule has 1 aliphatic rings. The molecule has 1 atom stereocenters. The summed E-state index contributed by atoms with van der Waals surface area (Å²) in [4.78, 5) is 6.75. The third-order valence-electron chi connectivity index (χ3n) is 3.25. The van der Waals surface area contributed by atoms with Crippen LogP contribution >= 0.6 is 0 Å². The van der Waals surface area contributed by atoms with Crippen LogP contribution in [0.4, 0.5) is 0 Å². The van der Waals surface area contributed by atoms with Crippen LogP contribution in [0.1, 0.15) is 37.0 Å². The molecule has 1 aliphatic heterocycles. The van der Waals surface area contributed by atoms with Crippen molar-refractivity contribution in [2.75, 3.05) is 27.2 Å². The quantitative estimate of drug-likeness (QED) is 0.841.